The van der Waals surface area contributed by atoms with Crippen LogP contribution in [0.4, 0.5) is 0 Å². The van der Waals surface area contributed by atoms with Crippen LogP contribution in [0.5, 0.6) is 0 Å². The van der Waals surface area contributed by atoms with E-state index in [2.05, 4.69) is 12.2 Å². The van der Waals surface area contributed by atoms with E-state index in [0.717, 1.165) is 52.2 Å². The first-order valence-electron chi connectivity index (χ1n) is 7.82. The summed E-state index contributed by atoms with van der Waals surface area (Å²) in [6.07, 6.45) is 5.72. The van der Waals surface area contributed by atoms with Gasteiger partial charge in [-0.2, -0.15) is 0 Å². The SMILES string of the molecule is CCNC1(CO)CCCC1CCOCC1CCOC1. The molecule has 2 rings (SSSR count). The lowest BCUT2D eigenvalue weighted by Crippen LogP contribution is -2.51. The molecular formula is C15H29NO3. The minimum atomic E-state index is -0.0470. The molecule has 0 radical (unpaired) electrons. The molecule has 1 aliphatic carbocycles. The summed E-state index contributed by atoms with van der Waals surface area (Å²) in [6.45, 7) is 6.70. The van der Waals surface area contributed by atoms with Crippen LogP contribution in [0.3, 0.4) is 0 Å². The summed E-state index contributed by atoms with van der Waals surface area (Å²) < 4.78 is 11.2. The van der Waals surface area contributed by atoms with Crippen LogP contribution in [0, 0.1) is 11.8 Å². The van der Waals surface area contributed by atoms with Gasteiger partial charge in [-0.15, -0.1) is 0 Å². The van der Waals surface area contributed by atoms with Gasteiger partial charge in [0.05, 0.1) is 19.8 Å². The quantitative estimate of drug-likeness (QED) is 0.658. The van der Waals surface area contributed by atoms with Gasteiger partial charge in [0, 0.05) is 24.7 Å². The van der Waals surface area contributed by atoms with Crippen molar-refractivity contribution in [1.29, 1.82) is 0 Å². The molecular weight excluding hydrogens is 242 g/mol. The van der Waals surface area contributed by atoms with Gasteiger partial charge in [-0.05, 0) is 38.1 Å². The van der Waals surface area contributed by atoms with E-state index in [1.165, 1.54) is 12.8 Å². The highest BCUT2D eigenvalue weighted by Crippen LogP contribution is 2.37. The number of rotatable bonds is 8. The lowest BCUT2D eigenvalue weighted by Gasteiger charge is -2.35. The molecule has 0 aromatic rings. The van der Waals surface area contributed by atoms with Gasteiger partial charge in [0.1, 0.15) is 0 Å². The van der Waals surface area contributed by atoms with Crippen LogP contribution in [0.25, 0.3) is 0 Å². The first-order chi connectivity index (χ1) is 9.30. The summed E-state index contributed by atoms with van der Waals surface area (Å²) in [5.74, 6) is 1.15. The molecule has 2 fully saturated rings. The van der Waals surface area contributed by atoms with Gasteiger partial charge < -0.3 is 19.9 Å². The van der Waals surface area contributed by atoms with Gasteiger partial charge >= 0.3 is 0 Å². The Balaban J connectivity index is 1.68. The minimum Gasteiger partial charge on any atom is -0.394 e. The molecule has 0 spiro atoms. The van der Waals surface area contributed by atoms with Crippen molar-refractivity contribution in [3.05, 3.63) is 0 Å². The maximum Gasteiger partial charge on any atom is 0.0616 e. The van der Waals surface area contributed by atoms with E-state index in [4.69, 9.17) is 9.47 Å². The maximum atomic E-state index is 9.73. The highest BCUT2D eigenvalue weighted by atomic mass is 16.5. The van der Waals surface area contributed by atoms with E-state index in [9.17, 15) is 5.11 Å². The molecule has 1 aliphatic heterocycles. The molecule has 0 bridgehead atoms. The van der Waals surface area contributed by atoms with Gasteiger partial charge in [-0.1, -0.05) is 13.3 Å². The molecule has 3 unspecified atom stereocenters. The lowest BCUT2D eigenvalue weighted by atomic mass is 9.85. The Morgan fingerprint density at radius 1 is 1.42 bits per heavy atom. The monoisotopic (exact) mass is 271 g/mol. The molecule has 0 amide bonds. The molecule has 3 atom stereocenters. The van der Waals surface area contributed by atoms with Crippen molar-refractivity contribution in [1.82, 2.24) is 5.32 Å². The first-order valence-corrected chi connectivity index (χ1v) is 7.82. The van der Waals surface area contributed by atoms with Crippen LogP contribution < -0.4 is 5.32 Å². The second kappa shape index (κ2) is 7.58. The van der Waals surface area contributed by atoms with Crippen LogP contribution in [0.15, 0.2) is 0 Å². The van der Waals surface area contributed by atoms with E-state index >= 15 is 0 Å². The fourth-order valence-corrected chi connectivity index (χ4v) is 3.60. The first kappa shape index (κ1) is 15.2. The third-order valence-electron chi connectivity index (χ3n) is 4.76. The van der Waals surface area contributed by atoms with E-state index in [0.29, 0.717) is 11.8 Å². The summed E-state index contributed by atoms with van der Waals surface area (Å²) >= 11 is 0. The third-order valence-corrected chi connectivity index (χ3v) is 4.76. The maximum absolute atomic E-state index is 9.73. The average Bonchev–Trinajstić information content (AvgIpc) is 3.05. The number of hydrogen-bond acceptors (Lipinski definition) is 4. The molecule has 0 aromatic carbocycles. The van der Waals surface area contributed by atoms with Crippen LogP contribution >= 0.6 is 0 Å². The van der Waals surface area contributed by atoms with Crippen LogP contribution in [0.2, 0.25) is 0 Å². The van der Waals surface area contributed by atoms with Crippen molar-refractivity contribution >= 4 is 0 Å². The molecule has 1 saturated heterocycles. The topological polar surface area (TPSA) is 50.7 Å². The largest absolute Gasteiger partial charge is 0.394 e. The fraction of sp³-hybridized carbons (Fsp3) is 1.00. The van der Waals surface area contributed by atoms with Crippen molar-refractivity contribution in [2.75, 3.05) is 39.6 Å². The fourth-order valence-electron chi connectivity index (χ4n) is 3.60. The average molecular weight is 271 g/mol. The minimum absolute atomic E-state index is 0.0470. The molecule has 19 heavy (non-hydrogen) atoms. The van der Waals surface area contributed by atoms with Crippen LogP contribution in [-0.2, 0) is 9.47 Å². The summed E-state index contributed by atoms with van der Waals surface area (Å²) in [4.78, 5) is 0. The molecule has 2 aliphatic rings. The normalized spacial score (nSPS) is 35.1. The molecule has 4 heteroatoms. The number of hydrogen-bond donors (Lipinski definition) is 2. The summed E-state index contributed by atoms with van der Waals surface area (Å²) in [7, 11) is 0. The number of aliphatic hydroxyl groups is 1. The molecule has 1 saturated carbocycles. The predicted molar refractivity (Wildman–Crippen MR) is 75.2 cm³/mol. The zero-order valence-electron chi connectivity index (χ0n) is 12.2. The van der Waals surface area contributed by atoms with E-state index in [-0.39, 0.29) is 12.1 Å². The standard InChI is InChI=1S/C15H29NO3/c1-2-16-15(12-17)7-3-4-14(15)6-9-19-11-13-5-8-18-10-13/h13-14,16-17H,2-12H2,1H3. The summed E-state index contributed by atoms with van der Waals surface area (Å²) in [6, 6.07) is 0. The highest BCUT2D eigenvalue weighted by molar-refractivity contribution is 4.98. The van der Waals surface area contributed by atoms with Gasteiger partial charge in [-0.25, -0.2) is 0 Å². The summed E-state index contributed by atoms with van der Waals surface area (Å²) in [5, 5.41) is 13.2. The number of ether oxygens (including phenoxy) is 2. The lowest BCUT2D eigenvalue weighted by molar-refractivity contribution is 0.0602. The Kier molecular flexibility index (Phi) is 6.07. The van der Waals surface area contributed by atoms with Crippen molar-refractivity contribution in [3.8, 4) is 0 Å². The molecule has 1 heterocycles. The zero-order chi connectivity index (χ0) is 13.6. The predicted octanol–water partition coefficient (Wildman–Crippen LogP) is 1.57. The van der Waals surface area contributed by atoms with Gasteiger partial charge in [-0.3, -0.25) is 0 Å². The zero-order valence-corrected chi connectivity index (χ0v) is 12.2. The van der Waals surface area contributed by atoms with Gasteiger partial charge in [0.2, 0.25) is 0 Å². The van der Waals surface area contributed by atoms with Gasteiger partial charge in [0.25, 0.3) is 0 Å². The Hall–Kier alpha value is -0.160. The smallest absolute Gasteiger partial charge is 0.0616 e. The Morgan fingerprint density at radius 2 is 2.32 bits per heavy atom. The number of aliphatic hydroxyl groups excluding tert-OH is 1. The molecule has 2 N–H and O–H groups in total. The second-order valence-corrected chi connectivity index (χ2v) is 6.03. The van der Waals surface area contributed by atoms with E-state index in [1.807, 2.05) is 0 Å². The Morgan fingerprint density at radius 3 is 3.00 bits per heavy atom. The third kappa shape index (κ3) is 3.91. The van der Waals surface area contributed by atoms with Crippen molar-refractivity contribution in [3.63, 3.8) is 0 Å². The highest BCUT2D eigenvalue weighted by Gasteiger charge is 2.41. The number of likely N-dealkylation sites (N-methyl/N-ethyl adjacent to an activating group) is 1. The Labute approximate surface area is 116 Å². The molecule has 112 valence electrons. The van der Waals surface area contributed by atoms with Crippen LogP contribution in [0.1, 0.15) is 39.0 Å². The molecule has 4 nitrogen and oxygen atoms in total. The summed E-state index contributed by atoms with van der Waals surface area (Å²) in [5.41, 5.74) is -0.0470. The van der Waals surface area contributed by atoms with Crippen molar-refractivity contribution < 1.29 is 14.6 Å². The van der Waals surface area contributed by atoms with Crippen molar-refractivity contribution in [2.24, 2.45) is 11.8 Å². The van der Waals surface area contributed by atoms with E-state index in [1.54, 1.807) is 0 Å². The van der Waals surface area contributed by atoms with Crippen LogP contribution in [-0.4, -0.2) is 50.2 Å². The Bertz CT molecular complexity index is 256. The second-order valence-electron chi connectivity index (χ2n) is 6.03. The molecule has 0 aromatic heterocycles. The number of nitrogens with one attached hydrogen (secondary N) is 1. The van der Waals surface area contributed by atoms with Crippen molar-refractivity contribution in [2.45, 2.75) is 44.6 Å². The van der Waals surface area contributed by atoms with E-state index < -0.39 is 0 Å². The van der Waals surface area contributed by atoms with Gasteiger partial charge in [0.15, 0.2) is 0 Å².